The van der Waals surface area contributed by atoms with Gasteiger partial charge < -0.3 is 9.47 Å². The van der Waals surface area contributed by atoms with Gasteiger partial charge in [0.2, 0.25) is 0 Å². The van der Waals surface area contributed by atoms with E-state index in [0.717, 1.165) is 36.3 Å². The van der Waals surface area contributed by atoms with E-state index in [4.69, 9.17) is 9.47 Å². The molecule has 0 radical (unpaired) electrons. The Morgan fingerprint density at radius 2 is 1.83 bits per heavy atom. The Labute approximate surface area is 78.4 Å². The van der Waals surface area contributed by atoms with Crippen LogP contribution in [0.15, 0.2) is 11.8 Å². The molecule has 12 heavy (non-hydrogen) atoms. The molecule has 0 N–H and O–H groups in total. The average molecular weight is 188 g/mol. The van der Waals surface area contributed by atoms with Crippen LogP contribution in [0, 0.1) is 0 Å². The Balaban J connectivity index is 3.47. The van der Waals surface area contributed by atoms with E-state index < -0.39 is 0 Å². The van der Waals surface area contributed by atoms with E-state index in [1.807, 2.05) is 13.8 Å². The minimum atomic E-state index is -0.00198. The van der Waals surface area contributed by atoms with Crippen LogP contribution >= 0.6 is 0 Å². The predicted molar refractivity (Wildman–Crippen MR) is 55.4 cm³/mol. The topological polar surface area (TPSA) is 18.5 Å². The Bertz CT molecular complexity index is 109. The van der Waals surface area contributed by atoms with Crippen molar-refractivity contribution < 1.29 is 9.47 Å². The molecule has 0 amide bonds. The van der Waals surface area contributed by atoms with Gasteiger partial charge in [0.15, 0.2) is 6.29 Å². The summed E-state index contributed by atoms with van der Waals surface area (Å²) in [6, 6.07) is 0. The zero-order chi connectivity index (χ0) is 9.23. The first-order valence-corrected chi connectivity index (χ1v) is 5.84. The first-order valence-electron chi connectivity index (χ1n) is 4.69. The monoisotopic (exact) mass is 188 g/mol. The third-order valence-electron chi connectivity index (χ3n) is 1.51. The molecule has 0 saturated carbocycles. The highest BCUT2D eigenvalue weighted by atomic mass is 28.1. The van der Waals surface area contributed by atoms with E-state index in [9.17, 15) is 0 Å². The van der Waals surface area contributed by atoms with Crippen molar-refractivity contribution in [1.82, 2.24) is 0 Å². The summed E-state index contributed by atoms with van der Waals surface area (Å²) in [6.07, 6.45) is 4.23. The molecule has 0 rings (SSSR count). The largest absolute Gasteiger partial charge is 0.353 e. The molecule has 0 saturated heterocycles. The molecule has 3 heteroatoms. The Hall–Kier alpha value is -0.123. The van der Waals surface area contributed by atoms with Crippen LogP contribution in [0.25, 0.3) is 0 Å². The summed E-state index contributed by atoms with van der Waals surface area (Å²) in [5.74, 6) is 0. The summed E-state index contributed by atoms with van der Waals surface area (Å²) >= 11 is 0. The first-order chi connectivity index (χ1) is 5.85. The van der Waals surface area contributed by atoms with Gasteiger partial charge >= 0.3 is 0 Å². The number of hydrogen-bond acceptors (Lipinski definition) is 2. The van der Waals surface area contributed by atoms with E-state index in [1.54, 1.807) is 0 Å². The van der Waals surface area contributed by atoms with Crippen molar-refractivity contribution in [3.8, 4) is 0 Å². The molecule has 0 unspecified atom stereocenters. The van der Waals surface area contributed by atoms with E-state index in [1.165, 1.54) is 0 Å². The molecule has 0 heterocycles. The molecule has 0 aliphatic heterocycles. The van der Waals surface area contributed by atoms with Crippen molar-refractivity contribution >= 4 is 10.2 Å². The zero-order valence-electron chi connectivity index (χ0n) is 8.38. The highest BCUT2D eigenvalue weighted by molar-refractivity contribution is 6.16. The van der Waals surface area contributed by atoms with Crippen LogP contribution in [0.4, 0.5) is 0 Å². The summed E-state index contributed by atoms with van der Waals surface area (Å²) in [4.78, 5) is 0. The van der Waals surface area contributed by atoms with E-state index >= 15 is 0 Å². The lowest BCUT2D eigenvalue weighted by Crippen LogP contribution is -2.16. The molecular weight excluding hydrogens is 168 g/mol. The standard InChI is InChI=1S/C9H20O2Si/c1-3-10-9(11-4-2)7-5-6-8-12/h6,8-9H,3-5,7H2,1-2,12H3. The normalized spacial score (nSPS) is 11.9. The molecule has 0 spiro atoms. The van der Waals surface area contributed by atoms with Gasteiger partial charge in [-0.15, -0.1) is 5.70 Å². The van der Waals surface area contributed by atoms with Crippen LogP contribution in [0.3, 0.4) is 0 Å². The van der Waals surface area contributed by atoms with Crippen LogP contribution in [0.1, 0.15) is 26.7 Å². The second-order valence-electron chi connectivity index (χ2n) is 2.49. The summed E-state index contributed by atoms with van der Waals surface area (Å²) < 4.78 is 10.8. The van der Waals surface area contributed by atoms with Gasteiger partial charge in [-0.2, -0.15) is 0 Å². The van der Waals surface area contributed by atoms with E-state index in [-0.39, 0.29) is 6.29 Å². The molecule has 72 valence electrons. The summed E-state index contributed by atoms with van der Waals surface area (Å²) in [6.45, 7) is 5.45. The van der Waals surface area contributed by atoms with Gasteiger partial charge in [-0.1, -0.05) is 6.08 Å². The SMILES string of the molecule is CCOC(CCC=C[SiH3])OCC. The molecule has 0 atom stereocenters. The van der Waals surface area contributed by atoms with Crippen molar-refractivity contribution in [2.45, 2.75) is 33.0 Å². The average Bonchev–Trinajstić information content (AvgIpc) is 2.06. The molecule has 0 fully saturated rings. The maximum absolute atomic E-state index is 5.38. The number of rotatable bonds is 7. The third-order valence-corrected chi connectivity index (χ3v) is 1.98. The smallest absolute Gasteiger partial charge is 0.157 e. The van der Waals surface area contributed by atoms with Gasteiger partial charge in [0, 0.05) is 29.9 Å². The molecule has 0 aliphatic rings. The highest BCUT2D eigenvalue weighted by Gasteiger charge is 2.04. The van der Waals surface area contributed by atoms with Crippen LogP contribution in [0.5, 0.6) is 0 Å². The number of ether oxygens (including phenoxy) is 2. The fourth-order valence-electron chi connectivity index (χ4n) is 0.986. The lowest BCUT2D eigenvalue weighted by Gasteiger charge is -2.15. The fraction of sp³-hybridized carbons (Fsp3) is 0.778. The molecule has 0 aromatic carbocycles. The predicted octanol–water partition coefficient (Wildman–Crippen LogP) is 1.04. The fourth-order valence-corrected chi connectivity index (χ4v) is 1.32. The lowest BCUT2D eigenvalue weighted by atomic mass is 10.3. The van der Waals surface area contributed by atoms with Crippen LogP contribution < -0.4 is 0 Å². The first kappa shape index (κ1) is 11.9. The number of hydrogen-bond donors (Lipinski definition) is 0. The van der Waals surface area contributed by atoms with Gasteiger partial charge in [-0.3, -0.25) is 0 Å². The Morgan fingerprint density at radius 3 is 2.25 bits per heavy atom. The van der Waals surface area contributed by atoms with Crippen molar-refractivity contribution in [3.05, 3.63) is 11.8 Å². The Morgan fingerprint density at radius 1 is 1.25 bits per heavy atom. The summed E-state index contributed by atoms with van der Waals surface area (Å²) in [7, 11) is 1.14. The molecule has 0 aliphatic carbocycles. The van der Waals surface area contributed by atoms with Crippen molar-refractivity contribution in [2.24, 2.45) is 0 Å². The maximum atomic E-state index is 5.38. The second kappa shape index (κ2) is 8.97. The van der Waals surface area contributed by atoms with Crippen LogP contribution in [-0.2, 0) is 9.47 Å². The summed E-state index contributed by atoms with van der Waals surface area (Å²) in [5.41, 5.74) is 2.19. The quantitative estimate of drug-likeness (QED) is 0.439. The minimum absolute atomic E-state index is 0.00198. The van der Waals surface area contributed by atoms with Crippen LogP contribution in [-0.4, -0.2) is 29.7 Å². The van der Waals surface area contributed by atoms with Crippen molar-refractivity contribution in [3.63, 3.8) is 0 Å². The second-order valence-corrected chi connectivity index (χ2v) is 3.15. The zero-order valence-corrected chi connectivity index (χ0v) is 10.4. The van der Waals surface area contributed by atoms with Gasteiger partial charge in [-0.25, -0.2) is 0 Å². The van der Waals surface area contributed by atoms with Gasteiger partial charge in [0.05, 0.1) is 0 Å². The van der Waals surface area contributed by atoms with Crippen molar-refractivity contribution in [2.75, 3.05) is 13.2 Å². The maximum Gasteiger partial charge on any atom is 0.157 e. The van der Waals surface area contributed by atoms with Crippen LogP contribution in [0.2, 0.25) is 0 Å². The lowest BCUT2D eigenvalue weighted by molar-refractivity contribution is -0.138. The Kier molecular flexibility index (Phi) is 8.88. The molecule has 0 aromatic rings. The number of allylic oxidation sites excluding steroid dienone is 1. The molecule has 2 nitrogen and oxygen atoms in total. The molecule has 0 bridgehead atoms. The molecule has 0 aromatic heterocycles. The van der Waals surface area contributed by atoms with E-state index in [2.05, 4.69) is 11.8 Å². The van der Waals surface area contributed by atoms with Gasteiger partial charge in [0.1, 0.15) is 0 Å². The van der Waals surface area contributed by atoms with Gasteiger partial charge in [0.25, 0.3) is 0 Å². The highest BCUT2D eigenvalue weighted by Crippen LogP contribution is 2.04. The molecular formula is C9H20O2Si. The third kappa shape index (κ3) is 6.58. The van der Waals surface area contributed by atoms with Gasteiger partial charge in [-0.05, 0) is 20.3 Å². The summed E-state index contributed by atoms with van der Waals surface area (Å²) in [5, 5.41) is 0. The van der Waals surface area contributed by atoms with E-state index in [0.29, 0.717) is 0 Å². The minimum Gasteiger partial charge on any atom is -0.353 e. The van der Waals surface area contributed by atoms with Crippen molar-refractivity contribution in [1.29, 1.82) is 0 Å².